The summed E-state index contributed by atoms with van der Waals surface area (Å²) in [6, 6.07) is 6.58. The van der Waals surface area contributed by atoms with Crippen LogP contribution in [-0.2, 0) is 11.2 Å². The Kier molecular flexibility index (Phi) is 6.54. The monoisotopic (exact) mass is 373 g/mol. The van der Waals surface area contributed by atoms with E-state index in [1.165, 1.54) is 24.8 Å². The van der Waals surface area contributed by atoms with Gasteiger partial charge in [0.2, 0.25) is 0 Å². The molecule has 1 fully saturated rings. The second-order valence-corrected chi connectivity index (χ2v) is 7.36. The van der Waals surface area contributed by atoms with Crippen LogP contribution in [0.1, 0.15) is 44.6 Å². The van der Waals surface area contributed by atoms with E-state index < -0.39 is 0 Å². The van der Waals surface area contributed by atoms with Crippen molar-refractivity contribution >= 4 is 27.5 Å². The summed E-state index contributed by atoms with van der Waals surface area (Å²) in [5.74, 6) is 0. The van der Waals surface area contributed by atoms with E-state index in [4.69, 9.17) is 16.3 Å². The van der Waals surface area contributed by atoms with E-state index in [0.29, 0.717) is 6.04 Å². The molecule has 1 aliphatic rings. The Bertz CT molecular complexity index is 457. The number of hydrogen-bond donors (Lipinski definition) is 1. The molecule has 1 saturated carbocycles. The summed E-state index contributed by atoms with van der Waals surface area (Å²) in [5.41, 5.74) is 1.30. The molecule has 0 bridgehead atoms. The van der Waals surface area contributed by atoms with E-state index in [0.717, 1.165) is 35.3 Å². The largest absolute Gasteiger partial charge is 0.378 e. The zero-order valence-electron chi connectivity index (χ0n) is 12.9. The predicted molar refractivity (Wildman–Crippen MR) is 93.1 cm³/mol. The third-order valence-corrected chi connectivity index (χ3v) is 5.33. The van der Waals surface area contributed by atoms with Crippen LogP contribution < -0.4 is 5.32 Å². The average Bonchev–Trinajstić information content (AvgIpc) is 2.42. The smallest absolute Gasteiger partial charge is 0.0693 e. The maximum atomic E-state index is 6.37. The molecule has 118 valence electrons. The summed E-state index contributed by atoms with van der Waals surface area (Å²) >= 11 is 9.84. The number of benzene rings is 1. The molecule has 1 unspecified atom stereocenters. The maximum Gasteiger partial charge on any atom is 0.0693 e. The normalized spacial score (nSPS) is 18.3. The van der Waals surface area contributed by atoms with Crippen molar-refractivity contribution in [2.75, 3.05) is 13.7 Å². The van der Waals surface area contributed by atoms with Crippen LogP contribution in [0, 0.1) is 0 Å². The van der Waals surface area contributed by atoms with Crippen LogP contribution in [0.4, 0.5) is 0 Å². The molecule has 0 spiro atoms. The van der Waals surface area contributed by atoms with Crippen molar-refractivity contribution < 1.29 is 4.74 Å². The van der Waals surface area contributed by atoms with E-state index in [-0.39, 0.29) is 5.60 Å². The van der Waals surface area contributed by atoms with Crippen LogP contribution in [0.5, 0.6) is 0 Å². The second-order valence-electron chi connectivity index (χ2n) is 6.04. The van der Waals surface area contributed by atoms with Crippen LogP contribution in [0.2, 0.25) is 5.02 Å². The van der Waals surface area contributed by atoms with Gasteiger partial charge in [-0.05, 0) is 62.8 Å². The molecule has 1 aromatic carbocycles. The highest BCUT2D eigenvalue weighted by Gasteiger charge is 2.38. The van der Waals surface area contributed by atoms with Gasteiger partial charge in [0.15, 0.2) is 0 Å². The average molecular weight is 375 g/mol. The molecule has 1 aliphatic carbocycles. The van der Waals surface area contributed by atoms with Crippen molar-refractivity contribution in [2.24, 2.45) is 0 Å². The van der Waals surface area contributed by atoms with E-state index in [2.05, 4.69) is 40.3 Å². The lowest BCUT2D eigenvalue weighted by atomic mass is 9.75. The molecule has 0 heterocycles. The fourth-order valence-electron chi connectivity index (χ4n) is 3.03. The minimum Gasteiger partial charge on any atom is -0.378 e. The maximum absolute atomic E-state index is 6.37. The van der Waals surface area contributed by atoms with Gasteiger partial charge in [-0.2, -0.15) is 0 Å². The van der Waals surface area contributed by atoms with Crippen molar-refractivity contribution in [1.29, 1.82) is 0 Å². The first-order valence-electron chi connectivity index (χ1n) is 7.81. The molecule has 1 N–H and O–H groups in total. The molecule has 0 saturated heterocycles. The quantitative estimate of drug-likeness (QED) is 0.693. The number of nitrogens with one attached hydrogen (secondary N) is 1. The number of hydrogen-bond acceptors (Lipinski definition) is 2. The van der Waals surface area contributed by atoms with Crippen molar-refractivity contribution in [2.45, 2.75) is 57.1 Å². The summed E-state index contributed by atoms with van der Waals surface area (Å²) in [7, 11) is 1.85. The van der Waals surface area contributed by atoms with Gasteiger partial charge in [-0.15, -0.1) is 0 Å². The Morgan fingerprint density at radius 3 is 2.71 bits per heavy atom. The van der Waals surface area contributed by atoms with Crippen LogP contribution in [0.25, 0.3) is 0 Å². The first kappa shape index (κ1) is 17.3. The lowest BCUT2D eigenvalue weighted by Gasteiger charge is -2.43. The van der Waals surface area contributed by atoms with Gasteiger partial charge in [0, 0.05) is 22.6 Å². The summed E-state index contributed by atoms with van der Waals surface area (Å²) < 4.78 is 6.82. The second kappa shape index (κ2) is 7.96. The van der Waals surface area contributed by atoms with Crippen LogP contribution in [-0.4, -0.2) is 25.3 Å². The van der Waals surface area contributed by atoms with Crippen molar-refractivity contribution in [1.82, 2.24) is 5.32 Å². The first-order valence-corrected chi connectivity index (χ1v) is 8.98. The topological polar surface area (TPSA) is 21.3 Å². The minimum absolute atomic E-state index is 0.0905. The summed E-state index contributed by atoms with van der Waals surface area (Å²) in [5, 5.41) is 4.51. The third kappa shape index (κ3) is 4.69. The molecule has 0 radical (unpaired) electrons. The SMILES string of the molecule is CCCNC(Cc1ccc(Br)cc1Cl)CC1(OC)CCC1. The number of halogens is 2. The molecule has 1 aromatic rings. The third-order valence-electron chi connectivity index (χ3n) is 4.48. The Labute approximate surface area is 141 Å². The highest BCUT2D eigenvalue weighted by atomic mass is 79.9. The van der Waals surface area contributed by atoms with Crippen molar-refractivity contribution in [3.05, 3.63) is 33.3 Å². The van der Waals surface area contributed by atoms with E-state index in [1.54, 1.807) is 0 Å². The van der Waals surface area contributed by atoms with Gasteiger partial charge in [0.25, 0.3) is 0 Å². The van der Waals surface area contributed by atoms with E-state index in [1.807, 2.05) is 13.2 Å². The molecule has 2 nitrogen and oxygen atoms in total. The van der Waals surface area contributed by atoms with Gasteiger partial charge < -0.3 is 10.1 Å². The summed E-state index contributed by atoms with van der Waals surface area (Å²) in [6.07, 6.45) is 6.81. The molecule has 4 heteroatoms. The zero-order valence-corrected chi connectivity index (χ0v) is 15.3. The predicted octanol–water partition coefficient (Wildman–Crippen LogP) is 4.97. The summed E-state index contributed by atoms with van der Waals surface area (Å²) in [4.78, 5) is 0. The van der Waals surface area contributed by atoms with E-state index in [9.17, 15) is 0 Å². The van der Waals surface area contributed by atoms with E-state index >= 15 is 0 Å². The van der Waals surface area contributed by atoms with Gasteiger partial charge in [-0.1, -0.05) is 40.5 Å². The Hall–Kier alpha value is -0.0900. The molecule has 0 aromatic heterocycles. The zero-order chi connectivity index (χ0) is 15.3. The molecule has 21 heavy (non-hydrogen) atoms. The van der Waals surface area contributed by atoms with Crippen LogP contribution in [0.3, 0.4) is 0 Å². The van der Waals surface area contributed by atoms with Gasteiger partial charge >= 0.3 is 0 Å². The van der Waals surface area contributed by atoms with Gasteiger partial charge in [0.1, 0.15) is 0 Å². The standard InChI is InChI=1S/C17H25BrClNO/c1-3-9-20-15(12-17(21-2)7-4-8-17)10-13-5-6-14(18)11-16(13)19/h5-6,11,15,20H,3-4,7-10,12H2,1-2H3. The van der Waals surface area contributed by atoms with Crippen molar-refractivity contribution in [3.8, 4) is 0 Å². The highest BCUT2D eigenvalue weighted by Crippen LogP contribution is 2.39. The summed E-state index contributed by atoms with van der Waals surface area (Å²) in [6.45, 7) is 3.24. The highest BCUT2D eigenvalue weighted by molar-refractivity contribution is 9.10. The lowest BCUT2D eigenvalue weighted by molar-refractivity contribution is -0.0834. The first-order chi connectivity index (χ1) is 10.1. The number of rotatable bonds is 8. The number of methoxy groups -OCH3 is 1. The molecule has 0 aliphatic heterocycles. The molecule has 2 rings (SSSR count). The number of ether oxygens (including phenoxy) is 1. The molecular formula is C17H25BrClNO. The van der Waals surface area contributed by atoms with Gasteiger partial charge in [0.05, 0.1) is 5.60 Å². The van der Waals surface area contributed by atoms with Gasteiger partial charge in [-0.25, -0.2) is 0 Å². The van der Waals surface area contributed by atoms with Crippen LogP contribution in [0.15, 0.2) is 22.7 Å². The Balaban J connectivity index is 2.04. The fraction of sp³-hybridized carbons (Fsp3) is 0.647. The lowest BCUT2D eigenvalue weighted by Crippen LogP contribution is -2.46. The van der Waals surface area contributed by atoms with Gasteiger partial charge in [-0.3, -0.25) is 0 Å². The molecule has 0 amide bonds. The van der Waals surface area contributed by atoms with Crippen LogP contribution >= 0.6 is 27.5 Å². The molecule has 1 atom stereocenters. The fourth-order valence-corrected chi connectivity index (χ4v) is 3.78. The molecular weight excluding hydrogens is 350 g/mol. The minimum atomic E-state index is 0.0905. The van der Waals surface area contributed by atoms with Crippen molar-refractivity contribution in [3.63, 3.8) is 0 Å². The Morgan fingerprint density at radius 1 is 1.43 bits per heavy atom. The Morgan fingerprint density at radius 2 is 2.19 bits per heavy atom.